The molecule has 1 rings (SSSR count). The van der Waals surface area contributed by atoms with Crippen LogP contribution in [0, 0.1) is 0 Å². The van der Waals surface area contributed by atoms with Gasteiger partial charge in [-0.05, 0) is 6.07 Å². The first kappa shape index (κ1) is 11.8. The zero-order valence-corrected chi connectivity index (χ0v) is 9.92. The topological polar surface area (TPSA) is 50.4 Å². The molecule has 0 unspecified atom stereocenters. The molecule has 0 amide bonds. The Hall–Kier alpha value is -1.25. The minimum atomic E-state index is -0.919. The molecule has 0 radical (unpaired) electrons. The van der Waals surface area contributed by atoms with Crippen LogP contribution >= 0.6 is 0 Å². The maximum atomic E-state index is 11.0. The van der Waals surface area contributed by atoms with Crippen LogP contribution in [0.4, 0.5) is 0 Å². The average molecular weight is 210 g/mol. The highest BCUT2D eigenvalue weighted by Crippen LogP contribution is 2.30. The molecule has 0 atom stereocenters. The predicted molar refractivity (Wildman–Crippen MR) is 58.5 cm³/mol. The van der Waals surface area contributed by atoms with Gasteiger partial charge in [-0.3, -0.25) is 0 Å². The summed E-state index contributed by atoms with van der Waals surface area (Å²) in [6.45, 7) is 9.86. The summed E-state index contributed by atoms with van der Waals surface area (Å²) in [5, 5.41) is 9.03. The molecule has 84 valence electrons. The van der Waals surface area contributed by atoms with Crippen molar-refractivity contribution >= 4 is 5.97 Å². The fourth-order valence-corrected chi connectivity index (χ4v) is 1.37. The lowest BCUT2D eigenvalue weighted by atomic mass is 9.93. The van der Waals surface area contributed by atoms with Crippen molar-refractivity contribution in [3.63, 3.8) is 0 Å². The average Bonchev–Trinajstić information content (AvgIpc) is 2.45. The van der Waals surface area contributed by atoms with Gasteiger partial charge in [0.25, 0.3) is 0 Å². The first-order chi connectivity index (χ1) is 6.73. The molecule has 3 heteroatoms. The van der Waals surface area contributed by atoms with Gasteiger partial charge in [0.2, 0.25) is 0 Å². The highest BCUT2D eigenvalue weighted by molar-refractivity contribution is 5.89. The predicted octanol–water partition coefficient (Wildman–Crippen LogP) is 3.40. The number of furan rings is 1. The van der Waals surface area contributed by atoms with Gasteiger partial charge in [0.1, 0.15) is 17.1 Å². The Kier molecular flexibility index (Phi) is 2.93. The lowest BCUT2D eigenvalue weighted by Crippen LogP contribution is -2.09. The van der Waals surface area contributed by atoms with Gasteiger partial charge in [-0.25, -0.2) is 4.79 Å². The van der Waals surface area contributed by atoms with E-state index in [1.165, 1.54) is 0 Å². The van der Waals surface area contributed by atoms with E-state index < -0.39 is 5.97 Å². The van der Waals surface area contributed by atoms with Crippen LogP contribution < -0.4 is 0 Å². The highest BCUT2D eigenvalue weighted by atomic mass is 16.4. The zero-order chi connectivity index (χ0) is 11.8. The van der Waals surface area contributed by atoms with Crippen LogP contribution in [-0.4, -0.2) is 11.1 Å². The number of carboxylic acid groups (broad SMARTS) is 1. The highest BCUT2D eigenvalue weighted by Gasteiger charge is 2.25. The molecule has 0 saturated carbocycles. The number of carboxylic acids is 1. The minimum absolute atomic E-state index is 0.0900. The van der Waals surface area contributed by atoms with Crippen molar-refractivity contribution in [1.82, 2.24) is 0 Å². The van der Waals surface area contributed by atoms with Crippen LogP contribution in [-0.2, 0) is 5.41 Å². The molecule has 0 aromatic carbocycles. The maximum absolute atomic E-state index is 11.0. The number of rotatable bonds is 2. The van der Waals surface area contributed by atoms with Gasteiger partial charge in [-0.15, -0.1) is 0 Å². The second kappa shape index (κ2) is 3.72. The Morgan fingerprint density at radius 1 is 1.40 bits per heavy atom. The van der Waals surface area contributed by atoms with Crippen LogP contribution in [0.25, 0.3) is 0 Å². The molecule has 0 aliphatic rings. The van der Waals surface area contributed by atoms with Gasteiger partial charge >= 0.3 is 5.97 Å². The fourth-order valence-electron chi connectivity index (χ4n) is 1.37. The Morgan fingerprint density at radius 2 is 1.93 bits per heavy atom. The first-order valence-electron chi connectivity index (χ1n) is 5.11. The molecule has 1 heterocycles. The second-order valence-electron chi connectivity index (χ2n) is 5.10. The lowest BCUT2D eigenvalue weighted by molar-refractivity contribution is 0.0694. The molecule has 0 aliphatic carbocycles. The molecule has 0 spiro atoms. The summed E-state index contributed by atoms with van der Waals surface area (Å²) in [4.78, 5) is 11.0. The van der Waals surface area contributed by atoms with Crippen LogP contribution in [0.3, 0.4) is 0 Å². The molecule has 15 heavy (non-hydrogen) atoms. The smallest absolute Gasteiger partial charge is 0.339 e. The van der Waals surface area contributed by atoms with Crippen molar-refractivity contribution in [2.75, 3.05) is 0 Å². The van der Waals surface area contributed by atoms with E-state index in [-0.39, 0.29) is 16.9 Å². The van der Waals surface area contributed by atoms with E-state index in [9.17, 15) is 4.79 Å². The summed E-state index contributed by atoms with van der Waals surface area (Å²) >= 11 is 0. The molecule has 0 fully saturated rings. The summed E-state index contributed by atoms with van der Waals surface area (Å²) in [6, 6.07) is 1.64. The van der Waals surface area contributed by atoms with Crippen LogP contribution in [0.1, 0.15) is 62.4 Å². The molecule has 0 saturated heterocycles. The van der Waals surface area contributed by atoms with Crippen molar-refractivity contribution in [3.8, 4) is 0 Å². The molecular weight excluding hydrogens is 192 g/mol. The maximum Gasteiger partial charge on any atom is 0.339 e. The van der Waals surface area contributed by atoms with Gasteiger partial charge in [-0.2, -0.15) is 0 Å². The number of hydrogen-bond donors (Lipinski definition) is 1. The Morgan fingerprint density at radius 3 is 2.20 bits per heavy atom. The van der Waals surface area contributed by atoms with E-state index in [4.69, 9.17) is 9.52 Å². The summed E-state index contributed by atoms with van der Waals surface area (Å²) in [7, 11) is 0. The third-order valence-corrected chi connectivity index (χ3v) is 2.25. The molecule has 3 nitrogen and oxygen atoms in total. The van der Waals surface area contributed by atoms with Crippen molar-refractivity contribution in [3.05, 3.63) is 23.2 Å². The SMILES string of the molecule is CC(C)c1oc(C(C)(C)C)cc1C(=O)O. The van der Waals surface area contributed by atoms with Crippen molar-refractivity contribution in [2.24, 2.45) is 0 Å². The molecule has 0 aliphatic heterocycles. The molecule has 1 N–H and O–H groups in total. The van der Waals surface area contributed by atoms with E-state index in [0.717, 1.165) is 5.76 Å². The summed E-state index contributed by atoms with van der Waals surface area (Å²) in [5.74, 6) is 0.459. The summed E-state index contributed by atoms with van der Waals surface area (Å²) in [6.07, 6.45) is 0. The Bertz CT molecular complexity index is 367. The third kappa shape index (κ3) is 2.41. The fraction of sp³-hybridized carbons (Fsp3) is 0.583. The standard InChI is InChI=1S/C12H18O3/c1-7(2)10-8(11(13)14)6-9(15-10)12(3,4)5/h6-7H,1-5H3,(H,13,14). The van der Waals surface area contributed by atoms with E-state index >= 15 is 0 Å². The second-order valence-corrected chi connectivity index (χ2v) is 5.10. The van der Waals surface area contributed by atoms with E-state index in [2.05, 4.69) is 0 Å². The quantitative estimate of drug-likeness (QED) is 0.813. The lowest BCUT2D eigenvalue weighted by Gasteiger charge is -2.14. The number of carbonyl (C=O) groups is 1. The van der Waals surface area contributed by atoms with Gasteiger partial charge < -0.3 is 9.52 Å². The van der Waals surface area contributed by atoms with Crippen LogP contribution in [0.15, 0.2) is 10.5 Å². The Labute approximate surface area is 90.1 Å². The van der Waals surface area contributed by atoms with Gasteiger partial charge in [0.05, 0.1) is 0 Å². The van der Waals surface area contributed by atoms with Crippen molar-refractivity contribution in [2.45, 2.75) is 46.0 Å². The molecule has 1 aromatic heterocycles. The van der Waals surface area contributed by atoms with E-state index in [0.29, 0.717) is 5.76 Å². The van der Waals surface area contributed by atoms with E-state index in [1.807, 2.05) is 34.6 Å². The van der Waals surface area contributed by atoms with Crippen LogP contribution in [0.5, 0.6) is 0 Å². The van der Waals surface area contributed by atoms with Gasteiger partial charge in [0, 0.05) is 11.3 Å². The van der Waals surface area contributed by atoms with E-state index in [1.54, 1.807) is 6.07 Å². The molecule has 0 bridgehead atoms. The van der Waals surface area contributed by atoms with Crippen LogP contribution in [0.2, 0.25) is 0 Å². The summed E-state index contributed by atoms with van der Waals surface area (Å²) in [5.41, 5.74) is 0.132. The van der Waals surface area contributed by atoms with Gasteiger partial charge in [0.15, 0.2) is 0 Å². The Balaban J connectivity index is 3.28. The van der Waals surface area contributed by atoms with Crippen molar-refractivity contribution in [1.29, 1.82) is 0 Å². The number of aromatic carboxylic acids is 1. The largest absolute Gasteiger partial charge is 0.478 e. The third-order valence-electron chi connectivity index (χ3n) is 2.25. The van der Waals surface area contributed by atoms with Gasteiger partial charge in [-0.1, -0.05) is 34.6 Å². The monoisotopic (exact) mass is 210 g/mol. The molecule has 1 aromatic rings. The summed E-state index contributed by atoms with van der Waals surface area (Å²) < 4.78 is 5.62. The normalized spacial score (nSPS) is 12.1. The van der Waals surface area contributed by atoms with Crippen molar-refractivity contribution < 1.29 is 14.3 Å². The first-order valence-corrected chi connectivity index (χ1v) is 5.11. The zero-order valence-electron chi connectivity index (χ0n) is 9.92. The minimum Gasteiger partial charge on any atom is -0.478 e. The number of hydrogen-bond acceptors (Lipinski definition) is 2. The molecular formula is C12H18O3.